The van der Waals surface area contributed by atoms with Crippen LogP contribution in [0.5, 0.6) is 11.5 Å². The number of carbonyl (C=O) groups is 2. The fourth-order valence-corrected chi connectivity index (χ4v) is 3.93. The molecule has 0 bridgehead atoms. The third-order valence-corrected chi connectivity index (χ3v) is 5.83. The van der Waals surface area contributed by atoms with Gasteiger partial charge in [0.2, 0.25) is 18.6 Å². The lowest BCUT2D eigenvalue weighted by atomic mass is 9.95. The Labute approximate surface area is 182 Å². The molecule has 31 heavy (non-hydrogen) atoms. The molecule has 2 aliphatic rings. The van der Waals surface area contributed by atoms with Crippen LogP contribution in [0.1, 0.15) is 38.2 Å². The number of benzene rings is 2. The molecule has 0 radical (unpaired) electrons. The van der Waals surface area contributed by atoms with E-state index in [1.54, 1.807) is 12.1 Å². The molecule has 1 fully saturated rings. The van der Waals surface area contributed by atoms with Crippen molar-refractivity contribution in [2.24, 2.45) is 5.92 Å². The van der Waals surface area contributed by atoms with Crippen LogP contribution in [0.4, 0.5) is 11.4 Å². The van der Waals surface area contributed by atoms with Crippen LogP contribution >= 0.6 is 0 Å². The van der Waals surface area contributed by atoms with Gasteiger partial charge in [0.25, 0.3) is 0 Å². The summed E-state index contributed by atoms with van der Waals surface area (Å²) in [7, 11) is 0. The summed E-state index contributed by atoms with van der Waals surface area (Å²) in [6.45, 7) is 6.28. The number of rotatable bonds is 6. The Morgan fingerprint density at radius 2 is 1.65 bits per heavy atom. The highest BCUT2D eigenvalue weighted by Crippen LogP contribution is 2.34. The van der Waals surface area contributed by atoms with Gasteiger partial charge in [-0.2, -0.15) is 0 Å². The van der Waals surface area contributed by atoms with E-state index >= 15 is 0 Å². The molecule has 2 aromatic rings. The highest BCUT2D eigenvalue weighted by Gasteiger charge is 2.26. The van der Waals surface area contributed by atoms with E-state index in [1.807, 2.05) is 30.3 Å². The lowest BCUT2D eigenvalue weighted by molar-refractivity contribution is -0.121. The second-order valence-corrected chi connectivity index (χ2v) is 8.43. The van der Waals surface area contributed by atoms with E-state index in [-0.39, 0.29) is 24.5 Å². The Morgan fingerprint density at radius 1 is 0.968 bits per heavy atom. The van der Waals surface area contributed by atoms with Gasteiger partial charge in [-0.15, -0.1) is 0 Å². The van der Waals surface area contributed by atoms with Crippen LogP contribution in [0.2, 0.25) is 0 Å². The fourth-order valence-electron chi connectivity index (χ4n) is 3.93. The molecular formula is C24H29N3O4. The van der Waals surface area contributed by atoms with Gasteiger partial charge < -0.3 is 20.1 Å². The molecule has 2 aliphatic heterocycles. The molecule has 1 saturated heterocycles. The van der Waals surface area contributed by atoms with Crippen LogP contribution in [0, 0.1) is 5.92 Å². The van der Waals surface area contributed by atoms with E-state index in [2.05, 4.69) is 29.4 Å². The smallest absolute Gasteiger partial charge is 0.238 e. The number of hydrogen-bond donors (Lipinski definition) is 2. The molecule has 2 aromatic carbocycles. The van der Waals surface area contributed by atoms with Crippen molar-refractivity contribution in [1.82, 2.24) is 4.90 Å². The summed E-state index contributed by atoms with van der Waals surface area (Å²) in [5.41, 5.74) is 2.77. The van der Waals surface area contributed by atoms with Crippen LogP contribution in [-0.4, -0.2) is 43.1 Å². The first-order valence-corrected chi connectivity index (χ1v) is 10.8. The van der Waals surface area contributed by atoms with Crippen molar-refractivity contribution in [3.05, 3.63) is 48.0 Å². The first kappa shape index (κ1) is 21.2. The maximum atomic E-state index is 12.6. The number of anilines is 2. The minimum absolute atomic E-state index is 0.00760. The number of nitrogens with one attached hydrogen (secondary N) is 2. The summed E-state index contributed by atoms with van der Waals surface area (Å²) in [4.78, 5) is 27.1. The lowest BCUT2D eigenvalue weighted by Gasteiger charge is -2.30. The Balaban J connectivity index is 1.22. The maximum absolute atomic E-state index is 12.6. The van der Waals surface area contributed by atoms with E-state index in [1.165, 1.54) is 5.56 Å². The third-order valence-electron chi connectivity index (χ3n) is 5.83. The van der Waals surface area contributed by atoms with Gasteiger partial charge in [-0.25, -0.2) is 0 Å². The molecule has 4 rings (SSSR count). The first-order valence-electron chi connectivity index (χ1n) is 10.8. The topological polar surface area (TPSA) is 79.9 Å². The number of hydrogen-bond acceptors (Lipinski definition) is 5. The van der Waals surface area contributed by atoms with Crippen LogP contribution < -0.4 is 20.1 Å². The molecule has 0 aromatic heterocycles. The van der Waals surface area contributed by atoms with Gasteiger partial charge in [-0.3, -0.25) is 14.5 Å². The predicted molar refractivity (Wildman–Crippen MR) is 120 cm³/mol. The molecule has 2 amide bonds. The van der Waals surface area contributed by atoms with E-state index in [0.717, 1.165) is 31.6 Å². The van der Waals surface area contributed by atoms with E-state index in [0.29, 0.717) is 29.6 Å². The standard InChI is InChI=1S/C24H29N3O4/c1-16(2)17-3-5-19(6-4-17)25-23(28)14-27-11-9-18(10-12-27)24(29)26-20-7-8-21-22(13-20)31-15-30-21/h3-8,13,16,18H,9-12,14-15H2,1-2H3,(H,25,28)(H,26,29). The predicted octanol–water partition coefficient (Wildman–Crippen LogP) is 3.83. The largest absolute Gasteiger partial charge is 0.454 e. The SMILES string of the molecule is CC(C)c1ccc(NC(=O)CN2CCC(C(=O)Nc3ccc4c(c3)OCO4)CC2)cc1. The van der Waals surface area contributed by atoms with Gasteiger partial charge in [0.15, 0.2) is 11.5 Å². The van der Waals surface area contributed by atoms with Gasteiger partial charge in [0, 0.05) is 23.4 Å². The minimum Gasteiger partial charge on any atom is -0.454 e. The monoisotopic (exact) mass is 423 g/mol. The number of piperidine rings is 1. The number of likely N-dealkylation sites (tertiary alicyclic amines) is 1. The quantitative estimate of drug-likeness (QED) is 0.738. The molecule has 0 aliphatic carbocycles. The van der Waals surface area contributed by atoms with Crippen LogP contribution in [0.25, 0.3) is 0 Å². The molecule has 0 unspecified atom stereocenters. The van der Waals surface area contributed by atoms with Gasteiger partial charge >= 0.3 is 0 Å². The zero-order chi connectivity index (χ0) is 21.8. The first-order chi connectivity index (χ1) is 15.0. The average molecular weight is 424 g/mol. The number of nitrogens with zero attached hydrogens (tertiary/aromatic N) is 1. The minimum atomic E-state index is -0.0617. The van der Waals surface area contributed by atoms with Gasteiger partial charge in [-0.1, -0.05) is 26.0 Å². The lowest BCUT2D eigenvalue weighted by Crippen LogP contribution is -2.41. The van der Waals surface area contributed by atoms with Crippen molar-refractivity contribution in [3.8, 4) is 11.5 Å². The van der Waals surface area contributed by atoms with Crippen molar-refractivity contribution in [1.29, 1.82) is 0 Å². The normalized spacial score (nSPS) is 16.4. The Hall–Kier alpha value is -3.06. The second kappa shape index (κ2) is 9.39. The van der Waals surface area contributed by atoms with Crippen molar-refractivity contribution < 1.29 is 19.1 Å². The van der Waals surface area contributed by atoms with Crippen LogP contribution in [0.3, 0.4) is 0 Å². The van der Waals surface area contributed by atoms with E-state index in [4.69, 9.17) is 9.47 Å². The summed E-state index contributed by atoms with van der Waals surface area (Å²) < 4.78 is 10.7. The fraction of sp³-hybridized carbons (Fsp3) is 0.417. The number of carbonyl (C=O) groups excluding carboxylic acids is 2. The molecule has 2 heterocycles. The summed E-state index contributed by atoms with van der Waals surface area (Å²) in [5, 5.41) is 5.93. The Bertz CT molecular complexity index is 934. The van der Waals surface area contributed by atoms with Gasteiger partial charge in [0.1, 0.15) is 0 Å². The van der Waals surface area contributed by atoms with E-state index in [9.17, 15) is 9.59 Å². The molecule has 0 saturated carbocycles. The second-order valence-electron chi connectivity index (χ2n) is 8.43. The van der Waals surface area contributed by atoms with Crippen molar-refractivity contribution in [2.75, 3.05) is 37.1 Å². The number of fused-ring (bicyclic) bond motifs is 1. The molecule has 7 nitrogen and oxygen atoms in total. The zero-order valence-electron chi connectivity index (χ0n) is 18.0. The average Bonchev–Trinajstić information content (AvgIpc) is 3.22. The summed E-state index contributed by atoms with van der Waals surface area (Å²) in [5.74, 6) is 1.73. The van der Waals surface area contributed by atoms with Gasteiger partial charge in [0.05, 0.1) is 6.54 Å². The van der Waals surface area contributed by atoms with Crippen LogP contribution in [-0.2, 0) is 9.59 Å². The van der Waals surface area contributed by atoms with Crippen molar-refractivity contribution in [3.63, 3.8) is 0 Å². The molecule has 0 atom stereocenters. The Morgan fingerprint density at radius 3 is 2.35 bits per heavy atom. The summed E-state index contributed by atoms with van der Waals surface area (Å²) in [6.07, 6.45) is 1.46. The highest BCUT2D eigenvalue weighted by molar-refractivity contribution is 5.93. The zero-order valence-corrected chi connectivity index (χ0v) is 18.0. The van der Waals surface area contributed by atoms with Crippen molar-refractivity contribution >= 4 is 23.2 Å². The third kappa shape index (κ3) is 5.35. The van der Waals surface area contributed by atoms with Crippen molar-refractivity contribution in [2.45, 2.75) is 32.6 Å². The molecule has 2 N–H and O–H groups in total. The summed E-state index contributed by atoms with van der Waals surface area (Å²) >= 11 is 0. The molecule has 7 heteroatoms. The van der Waals surface area contributed by atoms with Crippen LogP contribution in [0.15, 0.2) is 42.5 Å². The van der Waals surface area contributed by atoms with E-state index < -0.39 is 0 Å². The molecule has 164 valence electrons. The number of amides is 2. The van der Waals surface area contributed by atoms with Gasteiger partial charge in [-0.05, 0) is 61.7 Å². The Kier molecular flexibility index (Phi) is 6.42. The maximum Gasteiger partial charge on any atom is 0.238 e. The molecule has 0 spiro atoms. The number of ether oxygens (including phenoxy) is 2. The highest BCUT2D eigenvalue weighted by atomic mass is 16.7. The molecular weight excluding hydrogens is 394 g/mol. The summed E-state index contributed by atoms with van der Waals surface area (Å²) in [6, 6.07) is 13.4.